The molecule has 576 valence electrons. The van der Waals surface area contributed by atoms with Crippen molar-refractivity contribution in [1.82, 2.24) is 18.3 Å². The van der Waals surface area contributed by atoms with Gasteiger partial charge in [-0.2, -0.15) is 0 Å². The maximum Gasteiger partial charge on any atom is 0.0541 e. The Balaban J connectivity index is 0.000000136. The Bertz CT molecular complexity index is 8860. The summed E-state index contributed by atoms with van der Waals surface area (Å²) in [4.78, 5) is 0. The molecule has 0 radical (unpaired) electrons. The lowest BCUT2D eigenvalue weighted by Gasteiger charge is -2.14. The number of hydrogen-bond acceptors (Lipinski definition) is 0. The van der Waals surface area contributed by atoms with Crippen molar-refractivity contribution in [2.45, 2.75) is 0 Å². The lowest BCUT2D eigenvalue weighted by atomic mass is 9.91. The SMILES string of the molecule is c1ccc(-c2cccc(-n3c4ccccc4c4cc(-c5ccc6c(c5)c5ccccc5n6-c5ccc(-c6cc7c8ccccc8ccc7c7ccccc67)cc5)ccc43)c2)cc1.c1ccc(-c2cccc(-n3c4ccccc4c4cc(-c5ccc6c(c5)c5ccccc5n6-c5cccc(-c6ccc7c(ccc8c9ccccc9ccc78)c6)c5)ccc43)c2)cc1. The summed E-state index contributed by atoms with van der Waals surface area (Å²) in [7, 11) is 0. The van der Waals surface area contributed by atoms with E-state index in [2.05, 4.69) is 479 Å². The van der Waals surface area contributed by atoms with Gasteiger partial charge in [-0.05, 0) is 265 Å². The normalized spacial score (nSPS) is 11.9. The molecule has 4 heterocycles. The molecule has 0 amide bonds. The van der Waals surface area contributed by atoms with E-state index in [-0.39, 0.29) is 0 Å². The van der Waals surface area contributed by atoms with E-state index in [0.29, 0.717) is 0 Å². The minimum atomic E-state index is 1.15. The molecule has 26 rings (SSSR count). The van der Waals surface area contributed by atoms with E-state index >= 15 is 0 Å². The fraction of sp³-hybridized carbons (Fsp3) is 0. The standard InChI is InChI=1S/2C60H38N2/c1-2-12-39(13-3-1)41-15-10-17-47(35-41)61-57-22-8-6-20-53(57)55-37-44(27-32-59(55)61)45-28-33-60-56(38-45)54-21-7-9-23-58(54)62(60)48-18-11-16-42(36-48)43-25-29-50-46(34-43)26-31-51-49-19-5-4-14-40(49)24-30-52(50)51;1-2-13-39(14-3-1)42-16-12-17-46(35-42)62-58-24-11-9-22-52(58)56-37-44(29-34-60(56)62)43-28-33-59-55(36-43)51-21-8-10-23-57(51)61(59)45-30-25-41(26-31-45)53-38-54-47-18-5-4-15-40(47)27-32-50(54)48-19-6-7-20-49(48)53/h2*1-38H. The van der Waals surface area contributed by atoms with Gasteiger partial charge in [0.15, 0.2) is 0 Å². The maximum atomic E-state index is 2.43. The van der Waals surface area contributed by atoms with E-state index in [4.69, 9.17) is 0 Å². The van der Waals surface area contributed by atoms with E-state index in [1.165, 1.54) is 219 Å². The first-order valence-electron chi connectivity index (χ1n) is 42.8. The first-order chi connectivity index (χ1) is 61.5. The molecule has 22 aromatic carbocycles. The van der Waals surface area contributed by atoms with Gasteiger partial charge in [0, 0.05) is 65.8 Å². The van der Waals surface area contributed by atoms with E-state index in [0.717, 1.165) is 22.7 Å². The quantitative estimate of drug-likeness (QED) is 0.122. The Morgan fingerprint density at radius 1 is 0.105 bits per heavy atom. The van der Waals surface area contributed by atoms with Crippen LogP contribution in [0.2, 0.25) is 0 Å². The topological polar surface area (TPSA) is 19.7 Å². The second kappa shape index (κ2) is 28.7. The molecule has 0 aliphatic carbocycles. The highest BCUT2D eigenvalue weighted by Crippen LogP contribution is 2.46. The van der Waals surface area contributed by atoms with Crippen molar-refractivity contribution in [2.75, 3.05) is 0 Å². The minimum absolute atomic E-state index is 1.15. The Kier molecular flexibility index (Phi) is 16.3. The molecule has 0 saturated carbocycles. The summed E-state index contributed by atoms with van der Waals surface area (Å²) in [5.41, 5.74) is 28.8. The zero-order valence-electron chi connectivity index (χ0n) is 67.7. The van der Waals surface area contributed by atoms with Crippen molar-refractivity contribution < 1.29 is 0 Å². The lowest BCUT2D eigenvalue weighted by molar-refractivity contribution is 1.18. The monoisotopic (exact) mass is 1570 g/mol. The third-order valence-corrected chi connectivity index (χ3v) is 26.2. The van der Waals surface area contributed by atoms with Crippen molar-refractivity contribution in [1.29, 1.82) is 0 Å². The Morgan fingerprint density at radius 2 is 0.371 bits per heavy atom. The van der Waals surface area contributed by atoms with Crippen molar-refractivity contribution in [3.63, 3.8) is 0 Å². The van der Waals surface area contributed by atoms with Crippen molar-refractivity contribution in [2.24, 2.45) is 0 Å². The smallest absolute Gasteiger partial charge is 0.0541 e. The Labute approximate surface area is 715 Å². The number of nitrogens with zero attached hydrogens (tertiary/aromatic N) is 4. The number of benzene rings is 22. The molecule has 0 bridgehead atoms. The van der Waals surface area contributed by atoms with Gasteiger partial charge in [0.25, 0.3) is 0 Å². The van der Waals surface area contributed by atoms with Crippen molar-refractivity contribution in [3.05, 3.63) is 461 Å². The summed E-state index contributed by atoms with van der Waals surface area (Å²) in [5, 5.41) is 25.4. The molecular formula is C120H76N4. The number of para-hydroxylation sites is 4. The van der Waals surface area contributed by atoms with Crippen molar-refractivity contribution in [3.8, 4) is 89.5 Å². The van der Waals surface area contributed by atoms with Crippen LogP contribution in [0.1, 0.15) is 0 Å². The fourth-order valence-corrected chi connectivity index (χ4v) is 20.4. The highest BCUT2D eigenvalue weighted by atomic mass is 15.0. The van der Waals surface area contributed by atoms with Gasteiger partial charge in [-0.1, -0.05) is 328 Å². The van der Waals surface area contributed by atoms with Crippen LogP contribution in [0, 0.1) is 0 Å². The van der Waals surface area contributed by atoms with E-state index in [1.54, 1.807) is 0 Å². The summed E-state index contributed by atoms with van der Waals surface area (Å²) in [6.45, 7) is 0. The molecule has 124 heavy (non-hydrogen) atoms. The molecule has 0 aliphatic heterocycles. The molecule has 4 nitrogen and oxygen atoms in total. The average Bonchev–Trinajstić information content (AvgIpc) is 1.03. The summed E-state index contributed by atoms with van der Waals surface area (Å²) in [5.74, 6) is 0. The van der Waals surface area contributed by atoms with Crippen LogP contribution in [0.3, 0.4) is 0 Å². The molecule has 0 saturated heterocycles. The van der Waals surface area contributed by atoms with Gasteiger partial charge in [-0.3, -0.25) is 0 Å². The van der Waals surface area contributed by atoms with Gasteiger partial charge in [-0.25, -0.2) is 0 Å². The second-order valence-corrected chi connectivity index (χ2v) is 33.0. The first kappa shape index (κ1) is 70.6. The van der Waals surface area contributed by atoms with E-state index in [1.807, 2.05) is 0 Å². The third-order valence-electron chi connectivity index (χ3n) is 26.2. The van der Waals surface area contributed by atoms with Crippen LogP contribution >= 0.6 is 0 Å². The molecule has 26 aromatic rings. The molecule has 0 spiro atoms. The van der Waals surface area contributed by atoms with Crippen LogP contribution in [0.5, 0.6) is 0 Å². The Morgan fingerprint density at radius 3 is 0.798 bits per heavy atom. The van der Waals surface area contributed by atoms with E-state index < -0.39 is 0 Å². The van der Waals surface area contributed by atoms with Gasteiger partial charge in [0.2, 0.25) is 0 Å². The summed E-state index contributed by atoms with van der Waals surface area (Å²) < 4.78 is 9.67. The van der Waals surface area contributed by atoms with Crippen LogP contribution in [0.25, 0.3) is 241 Å². The van der Waals surface area contributed by atoms with Gasteiger partial charge < -0.3 is 18.3 Å². The van der Waals surface area contributed by atoms with Crippen LogP contribution < -0.4 is 0 Å². The first-order valence-corrected chi connectivity index (χ1v) is 42.8. The second-order valence-electron chi connectivity index (χ2n) is 33.0. The fourth-order valence-electron chi connectivity index (χ4n) is 20.4. The number of fused-ring (bicyclic) bond motifs is 22. The summed E-state index contributed by atoms with van der Waals surface area (Å²) in [6, 6.07) is 170. The highest BCUT2D eigenvalue weighted by molar-refractivity contribution is 6.23. The average molecular weight is 1570 g/mol. The molecule has 4 aromatic heterocycles. The summed E-state index contributed by atoms with van der Waals surface area (Å²) >= 11 is 0. The van der Waals surface area contributed by atoms with Gasteiger partial charge in [0.1, 0.15) is 0 Å². The lowest BCUT2D eigenvalue weighted by Crippen LogP contribution is -1.94. The van der Waals surface area contributed by atoms with Gasteiger partial charge >= 0.3 is 0 Å². The molecular weight excluding hydrogens is 1500 g/mol. The number of rotatable bonds is 10. The molecule has 0 fully saturated rings. The zero-order chi connectivity index (χ0) is 81.5. The molecule has 0 unspecified atom stereocenters. The predicted molar refractivity (Wildman–Crippen MR) is 528 cm³/mol. The third kappa shape index (κ3) is 11.5. The Hall–Kier alpha value is -16.4. The van der Waals surface area contributed by atoms with Crippen molar-refractivity contribution >= 4 is 152 Å². The van der Waals surface area contributed by atoms with Crippen LogP contribution in [-0.2, 0) is 0 Å². The van der Waals surface area contributed by atoms with Gasteiger partial charge in [0.05, 0.1) is 44.1 Å². The highest BCUT2D eigenvalue weighted by Gasteiger charge is 2.22. The molecule has 0 N–H and O–H groups in total. The van der Waals surface area contributed by atoms with Gasteiger partial charge in [-0.15, -0.1) is 0 Å². The van der Waals surface area contributed by atoms with Crippen LogP contribution in [0.15, 0.2) is 461 Å². The number of aromatic nitrogens is 4. The number of hydrogen-bond donors (Lipinski definition) is 0. The minimum Gasteiger partial charge on any atom is -0.309 e. The predicted octanol–water partition coefficient (Wildman–Crippen LogP) is 32.7. The molecule has 0 aliphatic rings. The molecule has 4 heteroatoms. The summed E-state index contributed by atoms with van der Waals surface area (Å²) in [6.07, 6.45) is 0. The largest absolute Gasteiger partial charge is 0.309 e. The zero-order valence-corrected chi connectivity index (χ0v) is 67.7. The maximum absolute atomic E-state index is 2.43. The van der Waals surface area contributed by atoms with Crippen LogP contribution in [-0.4, -0.2) is 18.3 Å². The van der Waals surface area contributed by atoms with Crippen LogP contribution in [0.4, 0.5) is 0 Å². The molecule has 0 atom stereocenters. The van der Waals surface area contributed by atoms with E-state index in [9.17, 15) is 0 Å².